The molecule has 0 unspecified atom stereocenters. The fourth-order valence-corrected chi connectivity index (χ4v) is 2.34. The first-order chi connectivity index (χ1) is 7.93. The number of anilines is 1. The van der Waals surface area contributed by atoms with Crippen molar-refractivity contribution in [2.45, 2.75) is 25.7 Å². The van der Waals surface area contributed by atoms with Crippen LogP contribution in [-0.4, -0.2) is 26.1 Å². The highest BCUT2D eigenvalue weighted by atomic mass is 15.2. The van der Waals surface area contributed by atoms with Crippen molar-refractivity contribution in [3.05, 3.63) is 18.7 Å². The summed E-state index contributed by atoms with van der Waals surface area (Å²) in [5, 5.41) is 11.3. The summed E-state index contributed by atoms with van der Waals surface area (Å²) in [4.78, 5) is 4.31. The molecule has 16 heavy (non-hydrogen) atoms. The van der Waals surface area contributed by atoms with Crippen molar-refractivity contribution in [2.24, 2.45) is 5.92 Å². The number of rotatable bonds is 3. The van der Waals surface area contributed by atoms with Gasteiger partial charge in [0.15, 0.2) is 5.82 Å². The van der Waals surface area contributed by atoms with Crippen LogP contribution in [0.4, 0.5) is 5.82 Å². The highest BCUT2D eigenvalue weighted by molar-refractivity contribution is 5.61. The van der Waals surface area contributed by atoms with Gasteiger partial charge in [0, 0.05) is 18.9 Å². The van der Waals surface area contributed by atoms with Gasteiger partial charge in [-0.15, -0.1) is 10.2 Å². The first-order valence-corrected chi connectivity index (χ1v) is 5.82. The molecule has 0 spiro atoms. The fraction of sp³-hybridized carbons (Fsp3) is 0.545. The number of aromatic nitrogens is 4. The Labute approximate surface area is 93.9 Å². The molecule has 0 radical (unpaired) electrons. The number of hydrogen-bond donors (Lipinski definition) is 1. The van der Waals surface area contributed by atoms with Crippen LogP contribution in [0.3, 0.4) is 0 Å². The maximum Gasteiger partial charge on any atom is 0.203 e. The molecule has 1 saturated carbocycles. The predicted molar refractivity (Wildman–Crippen MR) is 61.2 cm³/mol. The Hall–Kier alpha value is -1.65. The smallest absolute Gasteiger partial charge is 0.203 e. The maximum absolute atomic E-state index is 4.31. The summed E-state index contributed by atoms with van der Waals surface area (Å²) < 4.78 is 1.88. The minimum atomic E-state index is 0.796. The third-order valence-corrected chi connectivity index (χ3v) is 3.25. The van der Waals surface area contributed by atoms with Gasteiger partial charge in [-0.3, -0.25) is 4.40 Å². The van der Waals surface area contributed by atoms with E-state index in [1.807, 2.05) is 10.6 Å². The van der Waals surface area contributed by atoms with Crippen LogP contribution in [0.2, 0.25) is 0 Å². The monoisotopic (exact) mass is 217 g/mol. The third kappa shape index (κ3) is 1.73. The third-order valence-electron chi connectivity index (χ3n) is 3.25. The lowest BCUT2D eigenvalue weighted by molar-refractivity contribution is 0.579. The van der Waals surface area contributed by atoms with E-state index in [-0.39, 0.29) is 0 Å². The van der Waals surface area contributed by atoms with Gasteiger partial charge < -0.3 is 5.32 Å². The molecule has 2 aromatic heterocycles. The minimum absolute atomic E-state index is 0.796. The number of nitrogens with zero attached hydrogens (tertiary/aromatic N) is 4. The molecule has 5 nitrogen and oxygen atoms in total. The van der Waals surface area contributed by atoms with Gasteiger partial charge in [0.05, 0.1) is 0 Å². The molecule has 84 valence electrons. The van der Waals surface area contributed by atoms with Gasteiger partial charge in [0.1, 0.15) is 6.33 Å². The maximum atomic E-state index is 4.31. The van der Waals surface area contributed by atoms with E-state index in [0.717, 1.165) is 23.9 Å². The van der Waals surface area contributed by atoms with Gasteiger partial charge in [-0.25, -0.2) is 4.98 Å². The normalized spacial score (nSPS) is 17.0. The molecule has 0 saturated heterocycles. The Kier molecular flexibility index (Phi) is 2.44. The Morgan fingerprint density at radius 2 is 2.25 bits per heavy atom. The second-order valence-electron chi connectivity index (χ2n) is 4.37. The van der Waals surface area contributed by atoms with Gasteiger partial charge in [0.2, 0.25) is 5.65 Å². The molecule has 2 heterocycles. The highest BCUT2D eigenvalue weighted by Crippen LogP contribution is 2.25. The fourth-order valence-electron chi connectivity index (χ4n) is 2.34. The van der Waals surface area contributed by atoms with E-state index in [0.29, 0.717) is 0 Å². The van der Waals surface area contributed by atoms with Crippen LogP contribution < -0.4 is 5.32 Å². The molecule has 1 fully saturated rings. The molecular formula is C11H15N5. The number of hydrogen-bond acceptors (Lipinski definition) is 4. The molecule has 0 amide bonds. The molecule has 2 aromatic rings. The molecule has 0 bridgehead atoms. The summed E-state index contributed by atoms with van der Waals surface area (Å²) in [6, 6.07) is 0. The first-order valence-electron chi connectivity index (χ1n) is 5.82. The molecule has 3 rings (SSSR count). The van der Waals surface area contributed by atoms with Crippen molar-refractivity contribution >= 4 is 11.5 Å². The van der Waals surface area contributed by atoms with Crippen LogP contribution >= 0.6 is 0 Å². The van der Waals surface area contributed by atoms with Crippen LogP contribution in [0.1, 0.15) is 25.7 Å². The zero-order valence-electron chi connectivity index (χ0n) is 9.13. The van der Waals surface area contributed by atoms with Gasteiger partial charge >= 0.3 is 0 Å². The van der Waals surface area contributed by atoms with Crippen molar-refractivity contribution in [3.63, 3.8) is 0 Å². The van der Waals surface area contributed by atoms with Gasteiger partial charge in [-0.2, -0.15) is 0 Å². The van der Waals surface area contributed by atoms with Crippen molar-refractivity contribution in [1.82, 2.24) is 19.6 Å². The summed E-state index contributed by atoms with van der Waals surface area (Å²) in [5.74, 6) is 1.64. The van der Waals surface area contributed by atoms with Crippen molar-refractivity contribution in [3.8, 4) is 0 Å². The quantitative estimate of drug-likeness (QED) is 0.850. The number of fused-ring (bicyclic) bond motifs is 1. The molecule has 1 N–H and O–H groups in total. The molecule has 0 aromatic carbocycles. The zero-order chi connectivity index (χ0) is 10.8. The zero-order valence-corrected chi connectivity index (χ0v) is 9.13. The molecule has 0 aliphatic heterocycles. The Morgan fingerprint density at radius 3 is 3.12 bits per heavy atom. The van der Waals surface area contributed by atoms with Crippen molar-refractivity contribution in [2.75, 3.05) is 11.9 Å². The lowest BCUT2D eigenvalue weighted by Crippen LogP contribution is -2.12. The average molecular weight is 217 g/mol. The second-order valence-corrected chi connectivity index (χ2v) is 4.37. The molecule has 1 aliphatic carbocycles. The van der Waals surface area contributed by atoms with E-state index in [1.54, 1.807) is 12.5 Å². The molecule has 0 atom stereocenters. The van der Waals surface area contributed by atoms with Crippen LogP contribution in [-0.2, 0) is 0 Å². The topological polar surface area (TPSA) is 55.1 Å². The summed E-state index contributed by atoms with van der Waals surface area (Å²) in [6.45, 7) is 1.000. The minimum Gasteiger partial charge on any atom is -0.367 e. The van der Waals surface area contributed by atoms with Gasteiger partial charge in [0.25, 0.3) is 0 Å². The molecule has 5 heteroatoms. The Morgan fingerprint density at radius 1 is 1.38 bits per heavy atom. The summed E-state index contributed by atoms with van der Waals surface area (Å²) >= 11 is 0. The molecule has 1 aliphatic rings. The Bertz CT molecular complexity index is 472. The van der Waals surface area contributed by atoms with E-state index in [4.69, 9.17) is 0 Å². The predicted octanol–water partition coefficient (Wildman–Crippen LogP) is 1.73. The molecular weight excluding hydrogens is 202 g/mol. The van der Waals surface area contributed by atoms with E-state index < -0.39 is 0 Å². The number of nitrogens with one attached hydrogen (secondary N) is 1. The van der Waals surface area contributed by atoms with E-state index in [2.05, 4.69) is 20.5 Å². The van der Waals surface area contributed by atoms with Crippen LogP contribution in [0.25, 0.3) is 5.65 Å². The van der Waals surface area contributed by atoms with Gasteiger partial charge in [-0.05, 0) is 18.8 Å². The SMILES string of the molecule is c1cn2cnnc2c(NCC2CCCC2)n1. The summed E-state index contributed by atoms with van der Waals surface area (Å²) in [6.07, 6.45) is 10.7. The standard InChI is InChI=1S/C11H15N5/c1-2-4-9(3-1)7-13-10-11-15-14-8-16(11)6-5-12-10/h5-6,8-9H,1-4,7H2,(H,12,13). The summed E-state index contributed by atoms with van der Waals surface area (Å²) in [5.41, 5.74) is 0.806. The van der Waals surface area contributed by atoms with Gasteiger partial charge in [-0.1, -0.05) is 12.8 Å². The Balaban J connectivity index is 1.75. The van der Waals surface area contributed by atoms with E-state index in [1.165, 1.54) is 25.7 Å². The van der Waals surface area contributed by atoms with E-state index >= 15 is 0 Å². The van der Waals surface area contributed by atoms with Crippen molar-refractivity contribution in [1.29, 1.82) is 0 Å². The van der Waals surface area contributed by atoms with Crippen molar-refractivity contribution < 1.29 is 0 Å². The van der Waals surface area contributed by atoms with E-state index in [9.17, 15) is 0 Å². The largest absolute Gasteiger partial charge is 0.367 e. The highest BCUT2D eigenvalue weighted by Gasteiger charge is 2.15. The lowest BCUT2D eigenvalue weighted by atomic mass is 10.1. The lowest BCUT2D eigenvalue weighted by Gasteiger charge is -2.10. The van der Waals surface area contributed by atoms with Crippen LogP contribution in [0, 0.1) is 5.92 Å². The van der Waals surface area contributed by atoms with Crippen LogP contribution in [0.15, 0.2) is 18.7 Å². The first kappa shape index (κ1) is 9.57. The summed E-state index contributed by atoms with van der Waals surface area (Å²) in [7, 11) is 0. The average Bonchev–Trinajstić information content (AvgIpc) is 2.97. The second kappa shape index (κ2) is 4.08. The van der Waals surface area contributed by atoms with Crippen LogP contribution in [0.5, 0.6) is 0 Å².